The van der Waals surface area contributed by atoms with Crippen LogP contribution in [0.1, 0.15) is 51.4 Å². The second-order valence-electron chi connectivity index (χ2n) is 5.51. The van der Waals surface area contributed by atoms with Crippen LogP contribution < -0.4 is 5.32 Å². The molecule has 18 heavy (non-hydrogen) atoms. The first-order chi connectivity index (χ1) is 8.84. The summed E-state index contributed by atoms with van der Waals surface area (Å²) in [4.78, 5) is 14.1. The minimum atomic E-state index is 0.221. The number of carbonyl (C=O) groups is 1. The Balaban J connectivity index is 1.52. The van der Waals surface area contributed by atoms with E-state index in [1.165, 1.54) is 51.6 Å². The van der Waals surface area contributed by atoms with E-state index in [1.807, 2.05) is 0 Å². The number of likely N-dealkylation sites (tertiary alicyclic amines) is 1. The average Bonchev–Trinajstić information content (AvgIpc) is 2.91. The SMILES string of the molecule is O=C(CCN1CCCC1)NCCC1=CCCCC1. The van der Waals surface area contributed by atoms with E-state index in [4.69, 9.17) is 0 Å². The molecule has 0 aromatic rings. The molecule has 3 nitrogen and oxygen atoms in total. The quantitative estimate of drug-likeness (QED) is 0.735. The summed E-state index contributed by atoms with van der Waals surface area (Å²) in [6, 6.07) is 0. The molecule has 0 saturated carbocycles. The highest BCUT2D eigenvalue weighted by Gasteiger charge is 2.12. The first-order valence-electron chi connectivity index (χ1n) is 7.51. The normalized spacial score (nSPS) is 20.8. The van der Waals surface area contributed by atoms with Crippen molar-refractivity contribution in [2.24, 2.45) is 0 Å². The zero-order valence-corrected chi connectivity index (χ0v) is 11.4. The second kappa shape index (κ2) is 7.57. The van der Waals surface area contributed by atoms with Gasteiger partial charge in [-0.2, -0.15) is 0 Å². The van der Waals surface area contributed by atoms with Crippen LogP contribution >= 0.6 is 0 Å². The van der Waals surface area contributed by atoms with Gasteiger partial charge in [-0.25, -0.2) is 0 Å². The Labute approximate surface area is 111 Å². The molecule has 2 aliphatic rings. The van der Waals surface area contributed by atoms with Gasteiger partial charge in [-0.05, 0) is 58.0 Å². The molecule has 3 heteroatoms. The van der Waals surface area contributed by atoms with Crippen molar-refractivity contribution in [2.75, 3.05) is 26.2 Å². The fourth-order valence-corrected chi connectivity index (χ4v) is 2.85. The number of nitrogens with zero attached hydrogens (tertiary/aromatic N) is 1. The van der Waals surface area contributed by atoms with Crippen molar-refractivity contribution in [3.63, 3.8) is 0 Å². The fourth-order valence-electron chi connectivity index (χ4n) is 2.85. The largest absolute Gasteiger partial charge is 0.356 e. The topological polar surface area (TPSA) is 32.3 Å². The van der Waals surface area contributed by atoms with Crippen molar-refractivity contribution in [1.82, 2.24) is 10.2 Å². The van der Waals surface area contributed by atoms with E-state index in [9.17, 15) is 4.79 Å². The smallest absolute Gasteiger partial charge is 0.221 e. The molecule has 1 fully saturated rings. The van der Waals surface area contributed by atoms with E-state index in [0.717, 1.165) is 19.5 Å². The minimum absolute atomic E-state index is 0.221. The molecular weight excluding hydrogens is 224 g/mol. The van der Waals surface area contributed by atoms with Crippen molar-refractivity contribution in [3.8, 4) is 0 Å². The van der Waals surface area contributed by atoms with Gasteiger partial charge in [0.05, 0.1) is 0 Å². The van der Waals surface area contributed by atoms with Crippen LogP contribution in [0.25, 0.3) is 0 Å². The molecule has 2 rings (SSSR count). The van der Waals surface area contributed by atoms with E-state index in [-0.39, 0.29) is 5.91 Å². The zero-order chi connectivity index (χ0) is 12.6. The Morgan fingerprint density at radius 2 is 2.06 bits per heavy atom. The molecule has 1 amide bonds. The third-order valence-corrected chi connectivity index (χ3v) is 4.01. The maximum Gasteiger partial charge on any atom is 0.221 e. The minimum Gasteiger partial charge on any atom is -0.356 e. The number of rotatable bonds is 6. The number of amides is 1. The van der Waals surface area contributed by atoms with Gasteiger partial charge in [0.1, 0.15) is 0 Å². The maximum atomic E-state index is 11.7. The highest BCUT2D eigenvalue weighted by atomic mass is 16.1. The molecule has 0 unspecified atom stereocenters. The third kappa shape index (κ3) is 4.81. The van der Waals surface area contributed by atoms with Crippen molar-refractivity contribution < 1.29 is 4.79 Å². The number of hydrogen-bond acceptors (Lipinski definition) is 2. The van der Waals surface area contributed by atoms with E-state index in [1.54, 1.807) is 5.57 Å². The summed E-state index contributed by atoms with van der Waals surface area (Å²) in [5.41, 5.74) is 1.54. The van der Waals surface area contributed by atoms with Crippen molar-refractivity contribution in [1.29, 1.82) is 0 Å². The molecule has 0 bridgehead atoms. The van der Waals surface area contributed by atoms with Crippen molar-refractivity contribution in [3.05, 3.63) is 11.6 Å². The van der Waals surface area contributed by atoms with Crippen LogP contribution in [0.4, 0.5) is 0 Å². The average molecular weight is 250 g/mol. The highest BCUT2D eigenvalue weighted by molar-refractivity contribution is 5.76. The summed E-state index contributed by atoms with van der Waals surface area (Å²) >= 11 is 0. The molecule has 0 spiro atoms. The molecule has 0 aromatic carbocycles. The van der Waals surface area contributed by atoms with Crippen LogP contribution in [0, 0.1) is 0 Å². The summed E-state index contributed by atoms with van der Waals surface area (Å²) < 4.78 is 0. The molecular formula is C15H26N2O. The van der Waals surface area contributed by atoms with Gasteiger partial charge in [0.2, 0.25) is 5.91 Å². The maximum absolute atomic E-state index is 11.7. The molecule has 1 N–H and O–H groups in total. The Morgan fingerprint density at radius 3 is 2.78 bits per heavy atom. The van der Waals surface area contributed by atoms with Crippen LogP contribution in [0.3, 0.4) is 0 Å². The van der Waals surface area contributed by atoms with Gasteiger partial charge in [0, 0.05) is 19.5 Å². The number of allylic oxidation sites excluding steroid dienone is 1. The van der Waals surface area contributed by atoms with Crippen LogP contribution in [-0.4, -0.2) is 37.0 Å². The van der Waals surface area contributed by atoms with Gasteiger partial charge in [-0.3, -0.25) is 4.79 Å². The molecule has 0 radical (unpaired) electrons. The molecule has 0 aromatic heterocycles. The highest BCUT2D eigenvalue weighted by Crippen LogP contribution is 2.19. The lowest BCUT2D eigenvalue weighted by atomic mass is 9.97. The Morgan fingerprint density at radius 1 is 1.22 bits per heavy atom. The van der Waals surface area contributed by atoms with Crippen LogP contribution in [0.5, 0.6) is 0 Å². The fraction of sp³-hybridized carbons (Fsp3) is 0.800. The van der Waals surface area contributed by atoms with Gasteiger partial charge >= 0.3 is 0 Å². The summed E-state index contributed by atoms with van der Waals surface area (Å²) in [6.07, 6.45) is 11.8. The molecule has 102 valence electrons. The lowest BCUT2D eigenvalue weighted by Gasteiger charge is -2.15. The second-order valence-corrected chi connectivity index (χ2v) is 5.51. The predicted octanol–water partition coefficient (Wildman–Crippen LogP) is 2.48. The Hall–Kier alpha value is -0.830. The Kier molecular flexibility index (Phi) is 5.72. The van der Waals surface area contributed by atoms with E-state index >= 15 is 0 Å². The number of carbonyl (C=O) groups excluding carboxylic acids is 1. The van der Waals surface area contributed by atoms with Crippen molar-refractivity contribution in [2.45, 2.75) is 51.4 Å². The van der Waals surface area contributed by atoms with Crippen LogP contribution in [0.15, 0.2) is 11.6 Å². The predicted molar refractivity (Wildman–Crippen MR) is 74.5 cm³/mol. The lowest BCUT2D eigenvalue weighted by Crippen LogP contribution is -2.30. The summed E-state index contributed by atoms with van der Waals surface area (Å²) in [7, 11) is 0. The zero-order valence-electron chi connectivity index (χ0n) is 11.4. The van der Waals surface area contributed by atoms with Crippen LogP contribution in [0.2, 0.25) is 0 Å². The molecule has 1 aliphatic heterocycles. The molecule has 1 heterocycles. The lowest BCUT2D eigenvalue weighted by molar-refractivity contribution is -0.121. The van der Waals surface area contributed by atoms with Crippen LogP contribution in [-0.2, 0) is 4.79 Å². The van der Waals surface area contributed by atoms with Gasteiger partial charge in [-0.1, -0.05) is 11.6 Å². The monoisotopic (exact) mass is 250 g/mol. The van der Waals surface area contributed by atoms with Gasteiger partial charge in [0.25, 0.3) is 0 Å². The van der Waals surface area contributed by atoms with E-state index < -0.39 is 0 Å². The summed E-state index contributed by atoms with van der Waals surface area (Å²) in [5.74, 6) is 0.221. The number of hydrogen-bond donors (Lipinski definition) is 1. The standard InChI is InChI=1S/C15H26N2O/c18-15(9-13-17-11-4-5-12-17)16-10-8-14-6-2-1-3-7-14/h6H,1-5,7-13H2,(H,16,18). The van der Waals surface area contributed by atoms with Crippen molar-refractivity contribution >= 4 is 5.91 Å². The van der Waals surface area contributed by atoms with E-state index in [0.29, 0.717) is 6.42 Å². The van der Waals surface area contributed by atoms with E-state index in [2.05, 4.69) is 16.3 Å². The van der Waals surface area contributed by atoms with Gasteiger partial charge in [-0.15, -0.1) is 0 Å². The number of nitrogens with one attached hydrogen (secondary N) is 1. The Bertz CT molecular complexity index is 293. The molecule has 0 atom stereocenters. The third-order valence-electron chi connectivity index (χ3n) is 4.01. The summed E-state index contributed by atoms with van der Waals surface area (Å²) in [6.45, 7) is 4.12. The molecule has 1 saturated heterocycles. The molecule has 1 aliphatic carbocycles. The first kappa shape index (κ1) is 13.6. The first-order valence-corrected chi connectivity index (χ1v) is 7.51. The summed E-state index contributed by atoms with van der Waals surface area (Å²) in [5, 5.41) is 3.05. The van der Waals surface area contributed by atoms with Gasteiger partial charge in [0.15, 0.2) is 0 Å². The van der Waals surface area contributed by atoms with Gasteiger partial charge < -0.3 is 10.2 Å².